The summed E-state index contributed by atoms with van der Waals surface area (Å²) >= 11 is 0. The number of hydrogen-bond acceptors (Lipinski definition) is 3. The third-order valence-electron chi connectivity index (χ3n) is 2.42. The summed E-state index contributed by atoms with van der Waals surface area (Å²) in [7, 11) is 0. The molecule has 0 saturated carbocycles. The molecule has 0 spiro atoms. The molecular weight excluding hydrogens is 178 g/mol. The average Bonchev–Trinajstić information content (AvgIpc) is 2.52. The lowest BCUT2D eigenvalue weighted by Crippen LogP contribution is -2.31. The highest BCUT2D eigenvalue weighted by Crippen LogP contribution is 2.15. The molecule has 14 heavy (non-hydrogen) atoms. The van der Waals surface area contributed by atoms with E-state index in [-0.39, 0.29) is 6.04 Å². The maximum Gasteiger partial charge on any atom is 0.0996 e. The van der Waals surface area contributed by atoms with Gasteiger partial charge in [0.05, 0.1) is 25.4 Å². The zero-order valence-electron chi connectivity index (χ0n) is 8.23. The van der Waals surface area contributed by atoms with Gasteiger partial charge in [0.15, 0.2) is 0 Å². The molecule has 1 aromatic carbocycles. The van der Waals surface area contributed by atoms with Crippen molar-refractivity contribution in [2.75, 3.05) is 18.5 Å². The number of nitrogens with one attached hydrogen (secondary N) is 1. The summed E-state index contributed by atoms with van der Waals surface area (Å²) in [6.07, 6.45) is -0.393. The van der Waals surface area contributed by atoms with Gasteiger partial charge >= 0.3 is 0 Å². The van der Waals surface area contributed by atoms with E-state index >= 15 is 0 Å². The standard InChI is InChI=1S/C11H15NO2/c1-8-3-2-4-9(5-8)12-10-6-14-7-11(10)13/h2-5,10-13H,6-7H2,1H3. The van der Waals surface area contributed by atoms with E-state index in [2.05, 4.69) is 11.4 Å². The van der Waals surface area contributed by atoms with Crippen LogP contribution in [-0.4, -0.2) is 30.5 Å². The first-order valence-electron chi connectivity index (χ1n) is 4.85. The number of aryl methyl sites for hydroxylation is 1. The monoisotopic (exact) mass is 193 g/mol. The largest absolute Gasteiger partial charge is 0.388 e. The van der Waals surface area contributed by atoms with E-state index in [1.54, 1.807) is 0 Å². The molecule has 1 aliphatic rings. The highest BCUT2D eigenvalue weighted by molar-refractivity contribution is 5.46. The Hall–Kier alpha value is -1.06. The first kappa shape index (κ1) is 9.49. The number of hydrogen-bond donors (Lipinski definition) is 2. The Morgan fingerprint density at radius 1 is 1.43 bits per heavy atom. The van der Waals surface area contributed by atoms with Crippen molar-refractivity contribution in [1.82, 2.24) is 0 Å². The van der Waals surface area contributed by atoms with E-state index < -0.39 is 6.10 Å². The Balaban J connectivity index is 2.03. The van der Waals surface area contributed by atoms with Crippen molar-refractivity contribution in [2.24, 2.45) is 0 Å². The highest BCUT2D eigenvalue weighted by Gasteiger charge is 2.25. The fourth-order valence-corrected chi connectivity index (χ4v) is 1.63. The molecule has 3 heteroatoms. The van der Waals surface area contributed by atoms with Crippen LogP contribution >= 0.6 is 0 Å². The van der Waals surface area contributed by atoms with Gasteiger partial charge in [-0.1, -0.05) is 12.1 Å². The summed E-state index contributed by atoms with van der Waals surface area (Å²) in [4.78, 5) is 0. The summed E-state index contributed by atoms with van der Waals surface area (Å²) in [5, 5.41) is 12.8. The van der Waals surface area contributed by atoms with Crippen LogP contribution in [0, 0.1) is 6.92 Å². The van der Waals surface area contributed by atoms with E-state index in [0.29, 0.717) is 13.2 Å². The summed E-state index contributed by atoms with van der Waals surface area (Å²) in [5.41, 5.74) is 2.25. The quantitative estimate of drug-likeness (QED) is 0.740. The minimum atomic E-state index is -0.393. The van der Waals surface area contributed by atoms with E-state index in [4.69, 9.17) is 4.74 Å². The molecule has 0 aliphatic carbocycles. The SMILES string of the molecule is Cc1cccc(NC2COCC2O)c1. The van der Waals surface area contributed by atoms with Gasteiger partial charge in [0, 0.05) is 5.69 Å². The Kier molecular flexibility index (Phi) is 2.70. The molecule has 3 nitrogen and oxygen atoms in total. The van der Waals surface area contributed by atoms with Crippen LogP contribution < -0.4 is 5.32 Å². The molecule has 2 rings (SSSR count). The molecule has 0 radical (unpaired) electrons. The normalized spacial score (nSPS) is 26.4. The topological polar surface area (TPSA) is 41.5 Å². The van der Waals surface area contributed by atoms with Gasteiger partial charge in [0.2, 0.25) is 0 Å². The summed E-state index contributed by atoms with van der Waals surface area (Å²) < 4.78 is 5.16. The molecule has 76 valence electrons. The van der Waals surface area contributed by atoms with Crippen molar-refractivity contribution in [1.29, 1.82) is 0 Å². The minimum absolute atomic E-state index is 0.0248. The van der Waals surface area contributed by atoms with Crippen LogP contribution in [0.4, 0.5) is 5.69 Å². The third-order valence-corrected chi connectivity index (χ3v) is 2.42. The van der Waals surface area contributed by atoms with Gasteiger partial charge in [-0.2, -0.15) is 0 Å². The molecule has 1 heterocycles. The molecule has 0 amide bonds. The van der Waals surface area contributed by atoms with E-state index in [9.17, 15) is 5.11 Å². The number of ether oxygens (including phenoxy) is 1. The maximum atomic E-state index is 9.53. The molecule has 2 unspecified atom stereocenters. The van der Waals surface area contributed by atoms with Crippen molar-refractivity contribution < 1.29 is 9.84 Å². The Labute approximate surface area is 83.7 Å². The summed E-state index contributed by atoms with van der Waals surface area (Å²) in [6, 6.07) is 8.13. The summed E-state index contributed by atoms with van der Waals surface area (Å²) in [5.74, 6) is 0. The number of benzene rings is 1. The van der Waals surface area contributed by atoms with Crippen molar-refractivity contribution in [3.8, 4) is 0 Å². The maximum absolute atomic E-state index is 9.53. The molecule has 0 bridgehead atoms. The molecule has 1 saturated heterocycles. The molecule has 2 atom stereocenters. The number of rotatable bonds is 2. The van der Waals surface area contributed by atoms with Crippen LogP contribution in [0.2, 0.25) is 0 Å². The lowest BCUT2D eigenvalue weighted by Gasteiger charge is -2.16. The smallest absolute Gasteiger partial charge is 0.0996 e. The van der Waals surface area contributed by atoms with Gasteiger partial charge in [-0.05, 0) is 24.6 Å². The first-order valence-corrected chi connectivity index (χ1v) is 4.85. The summed E-state index contributed by atoms with van der Waals surface area (Å²) in [6.45, 7) is 3.06. The van der Waals surface area contributed by atoms with Crippen molar-refractivity contribution in [2.45, 2.75) is 19.1 Å². The second-order valence-electron chi connectivity index (χ2n) is 3.73. The Bertz CT molecular complexity index is 314. The average molecular weight is 193 g/mol. The van der Waals surface area contributed by atoms with Gasteiger partial charge < -0.3 is 15.2 Å². The van der Waals surface area contributed by atoms with Crippen LogP contribution in [0.25, 0.3) is 0 Å². The van der Waals surface area contributed by atoms with Crippen LogP contribution in [0.15, 0.2) is 24.3 Å². The van der Waals surface area contributed by atoms with Gasteiger partial charge in [0.25, 0.3) is 0 Å². The predicted molar refractivity (Wildman–Crippen MR) is 55.4 cm³/mol. The minimum Gasteiger partial charge on any atom is -0.388 e. The van der Waals surface area contributed by atoms with E-state index in [1.165, 1.54) is 5.56 Å². The third kappa shape index (κ3) is 2.05. The highest BCUT2D eigenvalue weighted by atomic mass is 16.5. The second-order valence-corrected chi connectivity index (χ2v) is 3.73. The van der Waals surface area contributed by atoms with Gasteiger partial charge in [0.1, 0.15) is 0 Å². The van der Waals surface area contributed by atoms with Crippen LogP contribution in [0.3, 0.4) is 0 Å². The Morgan fingerprint density at radius 3 is 2.93 bits per heavy atom. The van der Waals surface area contributed by atoms with Gasteiger partial charge in [-0.15, -0.1) is 0 Å². The van der Waals surface area contributed by atoms with Gasteiger partial charge in [-0.25, -0.2) is 0 Å². The number of anilines is 1. The van der Waals surface area contributed by atoms with Crippen molar-refractivity contribution in [3.63, 3.8) is 0 Å². The van der Waals surface area contributed by atoms with Crippen LogP contribution in [0.1, 0.15) is 5.56 Å². The van der Waals surface area contributed by atoms with Crippen LogP contribution in [-0.2, 0) is 4.74 Å². The second kappa shape index (κ2) is 3.98. The zero-order chi connectivity index (χ0) is 9.97. The zero-order valence-corrected chi connectivity index (χ0v) is 8.23. The van der Waals surface area contributed by atoms with E-state index in [1.807, 2.05) is 25.1 Å². The Morgan fingerprint density at radius 2 is 2.29 bits per heavy atom. The van der Waals surface area contributed by atoms with Crippen molar-refractivity contribution >= 4 is 5.69 Å². The first-order chi connectivity index (χ1) is 6.75. The fraction of sp³-hybridized carbons (Fsp3) is 0.455. The molecule has 1 fully saturated rings. The lowest BCUT2D eigenvalue weighted by molar-refractivity contribution is 0.125. The number of aliphatic hydroxyl groups is 1. The lowest BCUT2D eigenvalue weighted by atomic mass is 10.1. The number of aliphatic hydroxyl groups excluding tert-OH is 1. The molecule has 2 N–H and O–H groups in total. The molecule has 1 aliphatic heterocycles. The predicted octanol–water partition coefficient (Wildman–Crippen LogP) is 1.17. The molecule has 1 aromatic rings. The molecular formula is C11H15NO2. The molecule has 0 aromatic heterocycles. The fourth-order valence-electron chi connectivity index (χ4n) is 1.63. The van der Waals surface area contributed by atoms with E-state index in [0.717, 1.165) is 5.69 Å². The van der Waals surface area contributed by atoms with Gasteiger partial charge in [-0.3, -0.25) is 0 Å². The van der Waals surface area contributed by atoms with Crippen LogP contribution in [0.5, 0.6) is 0 Å². The van der Waals surface area contributed by atoms with Crippen molar-refractivity contribution in [3.05, 3.63) is 29.8 Å².